The number of ether oxygens (including phenoxy) is 6. The number of rotatable bonds is 5. The topological polar surface area (TPSA) is 141 Å². The monoisotopic (exact) mass is 388 g/mol. The lowest BCUT2D eigenvalue weighted by molar-refractivity contribution is -0.243. The molecule has 0 aromatic carbocycles. The highest BCUT2D eigenvalue weighted by molar-refractivity contribution is 5.81. The van der Waals surface area contributed by atoms with Gasteiger partial charge in [0.1, 0.15) is 18.8 Å². The molecule has 0 aromatic heterocycles. The van der Waals surface area contributed by atoms with Crippen molar-refractivity contribution in [3.63, 3.8) is 0 Å². The summed E-state index contributed by atoms with van der Waals surface area (Å²) in [5.74, 6) is -3.71. The van der Waals surface area contributed by atoms with E-state index < -0.39 is 66.5 Å². The van der Waals surface area contributed by atoms with Crippen LogP contribution in [0.15, 0.2) is 0 Å². The highest BCUT2D eigenvalue weighted by atomic mass is 16.7. The van der Waals surface area contributed by atoms with Crippen molar-refractivity contribution in [3.05, 3.63) is 0 Å². The largest absolute Gasteiger partial charge is 0.463 e. The Kier molecular flexibility index (Phi) is 6.37. The molecule has 2 heterocycles. The lowest BCUT2D eigenvalue weighted by atomic mass is 9.93. The zero-order valence-corrected chi connectivity index (χ0v) is 15.2. The van der Waals surface area contributed by atoms with Crippen LogP contribution in [0.4, 0.5) is 0 Å². The Morgan fingerprint density at radius 3 is 1.89 bits per heavy atom. The van der Waals surface area contributed by atoms with Crippen LogP contribution in [0.5, 0.6) is 0 Å². The van der Waals surface area contributed by atoms with E-state index in [9.17, 15) is 24.0 Å². The van der Waals surface area contributed by atoms with Crippen LogP contribution in [0.3, 0.4) is 0 Å². The van der Waals surface area contributed by atoms with Crippen molar-refractivity contribution in [2.45, 2.75) is 64.3 Å². The van der Waals surface area contributed by atoms with Crippen molar-refractivity contribution >= 4 is 29.8 Å². The summed E-state index contributed by atoms with van der Waals surface area (Å²) in [6.45, 7) is 4.17. The number of hydrogen-bond donors (Lipinski definition) is 0. The molecule has 0 saturated carbocycles. The van der Waals surface area contributed by atoms with Gasteiger partial charge in [-0.2, -0.15) is 0 Å². The fraction of sp³-hybridized carbons (Fsp3) is 0.688. The van der Waals surface area contributed by atoms with Gasteiger partial charge in [0, 0.05) is 27.7 Å². The molecule has 2 fully saturated rings. The van der Waals surface area contributed by atoms with Crippen molar-refractivity contribution < 1.29 is 52.4 Å². The second kappa shape index (κ2) is 8.33. The molecule has 2 aliphatic rings. The van der Waals surface area contributed by atoms with Crippen LogP contribution in [0.2, 0.25) is 0 Å². The molecule has 0 radical (unpaired) electrons. The molecule has 0 amide bonds. The van der Waals surface area contributed by atoms with Crippen LogP contribution in [0.25, 0.3) is 0 Å². The van der Waals surface area contributed by atoms with Gasteiger partial charge < -0.3 is 28.4 Å². The number of fused-ring (bicyclic) bond motifs is 1. The SMILES string of the molecule is CC(=O)OC[C@H]1OC2C(OC(C)=O)C(=O)O[C@H]2[C@@H](OC(C)=O)[C@@H]1OC(C)=O. The van der Waals surface area contributed by atoms with E-state index in [2.05, 4.69) is 0 Å². The summed E-state index contributed by atoms with van der Waals surface area (Å²) in [5, 5.41) is 0. The van der Waals surface area contributed by atoms with E-state index in [1.165, 1.54) is 6.92 Å². The van der Waals surface area contributed by atoms with E-state index in [0.29, 0.717) is 0 Å². The summed E-state index contributed by atoms with van der Waals surface area (Å²) in [5.41, 5.74) is 0. The van der Waals surface area contributed by atoms with Gasteiger partial charge in [-0.25, -0.2) is 4.79 Å². The molecule has 2 rings (SSSR count). The van der Waals surface area contributed by atoms with E-state index >= 15 is 0 Å². The molecular formula is C16H20O11. The van der Waals surface area contributed by atoms with Gasteiger partial charge in [-0.05, 0) is 0 Å². The van der Waals surface area contributed by atoms with E-state index in [1.807, 2.05) is 0 Å². The third-order valence-electron chi connectivity index (χ3n) is 3.80. The van der Waals surface area contributed by atoms with Gasteiger partial charge >= 0.3 is 29.8 Å². The minimum absolute atomic E-state index is 0.352. The van der Waals surface area contributed by atoms with E-state index in [0.717, 1.165) is 20.8 Å². The molecule has 0 aliphatic carbocycles. The second-order valence-corrected chi connectivity index (χ2v) is 6.02. The van der Waals surface area contributed by atoms with E-state index in [-0.39, 0.29) is 6.61 Å². The molecular weight excluding hydrogens is 368 g/mol. The van der Waals surface area contributed by atoms with Crippen LogP contribution < -0.4 is 0 Å². The van der Waals surface area contributed by atoms with Gasteiger partial charge in [0.25, 0.3) is 0 Å². The second-order valence-electron chi connectivity index (χ2n) is 6.02. The van der Waals surface area contributed by atoms with Crippen LogP contribution in [0, 0.1) is 0 Å². The fourth-order valence-electron chi connectivity index (χ4n) is 2.94. The Morgan fingerprint density at radius 2 is 1.37 bits per heavy atom. The molecule has 0 bridgehead atoms. The van der Waals surface area contributed by atoms with Crippen molar-refractivity contribution in [1.82, 2.24) is 0 Å². The van der Waals surface area contributed by atoms with E-state index in [1.54, 1.807) is 0 Å². The highest BCUT2D eigenvalue weighted by Gasteiger charge is 2.60. The lowest BCUT2D eigenvalue weighted by Crippen LogP contribution is -2.61. The molecule has 0 N–H and O–H groups in total. The summed E-state index contributed by atoms with van der Waals surface area (Å²) < 4.78 is 31.1. The average Bonchev–Trinajstić information content (AvgIpc) is 2.82. The molecule has 0 aromatic rings. The fourth-order valence-corrected chi connectivity index (χ4v) is 2.94. The summed E-state index contributed by atoms with van der Waals surface area (Å²) >= 11 is 0. The van der Waals surface area contributed by atoms with Crippen molar-refractivity contribution in [1.29, 1.82) is 0 Å². The standard InChI is InChI=1S/C16H20O11/c1-6(17)22-5-10-11(23-7(2)18)12(24-8(3)19)13-14(26-10)15(16(21)27-13)25-9(4)20/h10-15H,5H2,1-4H3/t10-,11-,12+,13+,14?,15?/m1/s1. The molecule has 2 saturated heterocycles. The lowest BCUT2D eigenvalue weighted by Gasteiger charge is -2.41. The Balaban J connectivity index is 2.36. The smallest absolute Gasteiger partial charge is 0.350 e. The number of carbonyl (C=O) groups excluding carboxylic acids is 5. The van der Waals surface area contributed by atoms with Gasteiger partial charge in [0.15, 0.2) is 18.3 Å². The van der Waals surface area contributed by atoms with Crippen LogP contribution >= 0.6 is 0 Å². The first kappa shape index (κ1) is 20.6. The van der Waals surface area contributed by atoms with Crippen LogP contribution in [0.1, 0.15) is 27.7 Å². The quantitative estimate of drug-likeness (QED) is 0.424. The molecule has 150 valence electrons. The van der Waals surface area contributed by atoms with E-state index in [4.69, 9.17) is 28.4 Å². The maximum Gasteiger partial charge on any atom is 0.350 e. The van der Waals surface area contributed by atoms with Gasteiger partial charge in [-0.3, -0.25) is 19.2 Å². The van der Waals surface area contributed by atoms with Crippen molar-refractivity contribution in [3.8, 4) is 0 Å². The predicted octanol–water partition coefficient (Wildman–Crippen LogP) is -0.963. The van der Waals surface area contributed by atoms with Gasteiger partial charge in [0.2, 0.25) is 6.10 Å². The molecule has 11 heteroatoms. The predicted molar refractivity (Wildman–Crippen MR) is 81.8 cm³/mol. The zero-order valence-electron chi connectivity index (χ0n) is 15.2. The third kappa shape index (κ3) is 4.94. The molecule has 2 unspecified atom stereocenters. The Hall–Kier alpha value is -2.69. The summed E-state index contributed by atoms with van der Waals surface area (Å²) in [6.07, 6.45) is -7.26. The van der Waals surface area contributed by atoms with Gasteiger partial charge in [0.05, 0.1) is 0 Å². The Labute approximate surface area is 154 Å². The minimum Gasteiger partial charge on any atom is -0.463 e. The summed E-state index contributed by atoms with van der Waals surface area (Å²) in [7, 11) is 0. The zero-order chi connectivity index (χ0) is 20.3. The Morgan fingerprint density at radius 1 is 0.815 bits per heavy atom. The average molecular weight is 388 g/mol. The van der Waals surface area contributed by atoms with Crippen LogP contribution in [-0.2, 0) is 52.4 Å². The number of carbonyl (C=O) groups is 5. The summed E-state index contributed by atoms with van der Waals surface area (Å²) in [6, 6.07) is 0. The number of hydrogen-bond acceptors (Lipinski definition) is 11. The van der Waals surface area contributed by atoms with Gasteiger partial charge in [-0.1, -0.05) is 0 Å². The van der Waals surface area contributed by atoms with Gasteiger partial charge in [-0.15, -0.1) is 0 Å². The van der Waals surface area contributed by atoms with Crippen molar-refractivity contribution in [2.75, 3.05) is 6.61 Å². The molecule has 27 heavy (non-hydrogen) atoms. The Bertz CT molecular complexity index is 642. The maximum atomic E-state index is 12.1. The first-order valence-electron chi connectivity index (χ1n) is 8.11. The molecule has 0 spiro atoms. The first-order valence-corrected chi connectivity index (χ1v) is 8.11. The highest BCUT2D eigenvalue weighted by Crippen LogP contribution is 2.35. The molecule has 11 nitrogen and oxygen atoms in total. The first-order chi connectivity index (χ1) is 12.6. The molecule has 2 aliphatic heterocycles. The number of esters is 5. The van der Waals surface area contributed by atoms with Crippen LogP contribution in [-0.4, -0.2) is 73.1 Å². The van der Waals surface area contributed by atoms with Crippen molar-refractivity contribution in [2.24, 2.45) is 0 Å². The minimum atomic E-state index is -1.40. The summed E-state index contributed by atoms with van der Waals surface area (Å²) in [4.78, 5) is 57.5. The molecule has 6 atom stereocenters. The third-order valence-corrected chi connectivity index (χ3v) is 3.80. The maximum absolute atomic E-state index is 12.1. The normalized spacial score (nSPS) is 31.9.